The fraction of sp³-hybridized carbons (Fsp3) is 0.300. The van der Waals surface area contributed by atoms with E-state index in [0.717, 1.165) is 13.0 Å². The summed E-state index contributed by atoms with van der Waals surface area (Å²) in [6.07, 6.45) is 2.61. The summed E-state index contributed by atoms with van der Waals surface area (Å²) in [7, 11) is 0.0806. The summed E-state index contributed by atoms with van der Waals surface area (Å²) in [6.45, 7) is 2.80. The van der Waals surface area contributed by atoms with Crippen LogP contribution in [0.1, 0.15) is 18.9 Å². The van der Waals surface area contributed by atoms with Crippen molar-refractivity contribution in [2.45, 2.75) is 13.3 Å². The van der Waals surface area contributed by atoms with Gasteiger partial charge in [0, 0.05) is 11.8 Å². The van der Waals surface area contributed by atoms with E-state index >= 15 is 0 Å². The van der Waals surface area contributed by atoms with E-state index in [1.807, 2.05) is 13.0 Å². The van der Waals surface area contributed by atoms with Crippen molar-refractivity contribution in [3.63, 3.8) is 0 Å². The number of phenolic OH excluding ortho intramolecular Hbond substituents is 1. The van der Waals surface area contributed by atoms with Gasteiger partial charge in [-0.1, -0.05) is 19.1 Å². The Balaban J connectivity index is 2.41. The van der Waals surface area contributed by atoms with Gasteiger partial charge in [-0.05, 0) is 18.6 Å². The van der Waals surface area contributed by atoms with Crippen molar-refractivity contribution < 1.29 is 5.11 Å². The Morgan fingerprint density at radius 3 is 2.93 bits per heavy atom. The van der Waals surface area contributed by atoms with E-state index in [1.165, 1.54) is 0 Å². The minimum atomic E-state index is 0.0806. The molecule has 1 aromatic carbocycles. The second-order valence-electron chi connectivity index (χ2n) is 2.88. The van der Waals surface area contributed by atoms with Crippen LogP contribution < -0.4 is 0 Å². The molecule has 1 rings (SSSR count). The first kappa shape index (κ1) is 11.6. The molecule has 78 valence electrons. The summed E-state index contributed by atoms with van der Waals surface area (Å²) in [4.78, 5) is 0. The lowest BCUT2D eigenvalue weighted by atomic mass is 10.2. The van der Waals surface area contributed by atoms with Gasteiger partial charge in [-0.25, -0.2) is 9.89 Å². The minimum absolute atomic E-state index is 0.0806. The predicted molar refractivity (Wildman–Crippen MR) is 61.5 cm³/mol. The molecule has 5 heteroatoms. The van der Waals surface area contributed by atoms with E-state index in [1.54, 1.807) is 24.4 Å². The van der Waals surface area contributed by atoms with Gasteiger partial charge in [-0.3, -0.25) is 4.66 Å². The molecule has 0 saturated heterocycles. The van der Waals surface area contributed by atoms with E-state index < -0.39 is 0 Å². The highest BCUT2D eigenvalue weighted by atomic mass is 28.2. The van der Waals surface area contributed by atoms with Crippen LogP contribution in [0.4, 0.5) is 0 Å². The fourth-order valence-electron chi connectivity index (χ4n) is 0.903. The van der Waals surface area contributed by atoms with Crippen molar-refractivity contribution in [3.8, 4) is 5.75 Å². The summed E-state index contributed by atoms with van der Waals surface area (Å²) in [6, 6.07) is 7.05. The van der Waals surface area contributed by atoms with Crippen molar-refractivity contribution >= 4 is 16.1 Å². The number of benzene rings is 1. The van der Waals surface area contributed by atoms with Gasteiger partial charge in [-0.15, -0.1) is 0 Å². The van der Waals surface area contributed by atoms with Crippen molar-refractivity contribution in [1.82, 2.24) is 0 Å². The second-order valence-corrected chi connectivity index (χ2v) is 3.54. The van der Waals surface area contributed by atoms with Crippen LogP contribution in [0, 0.1) is 0 Å². The Morgan fingerprint density at radius 2 is 2.20 bits per heavy atom. The normalized spacial score (nSPS) is 11.5. The zero-order chi connectivity index (χ0) is 10.9. The lowest BCUT2D eigenvalue weighted by molar-refractivity contribution is 0.474. The number of phenols is 1. The first-order valence-corrected chi connectivity index (χ1v) is 5.66. The Morgan fingerprint density at radius 1 is 1.40 bits per heavy atom. The maximum Gasteiger partial charge on any atom is 0.402 e. The van der Waals surface area contributed by atoms with E-state index in [4.69, 9.17) is 0 Å². The van der Waals surface area contributed by atoms with Crippen LogP contribution in [0.25, 0.3) is 0 Å². The predicted octanol–water partition coefficient (Wildman–Crippen LogP) is 2.21. The molecule has 0 unspecified atom stereocenters. The van der Waals surface area contributed by atoms with Gasteiger partial charge >= 0.3 is 9.84 Å². The molecule has 1 N–H and O–H groups in total. The average Bonchev–Trinajstić information content (AvgIpc) is 2.25. The Labute approximate surface area is 91.8 Å². The third-order valence-corrected chi connectivity index (χ3v) is 2.11. The maximum atomic E-state index is 9.41. The van der Waals surface area contributed by atoms with E-state index in [-0.39, 0.29) is 15.6 Å². The van der Waals surface area contributed by atoms with Gasteiger partial charge in [0.05, 0.1) is 6.54 Å². The first-order valence-electron chi connectivity index (χ1n) is 4.77. The second kappa shape index (κ2) is 6.89. The number of nitrogens with zero attached hydrogens (tertiary/aromatic N) is 3. The molecule has 0 aliphatic carbocycles. The molecule has 0 aliphatic rings. The van der Waals surface area contributed by atoms with Gasteiger partial charge < -0.3 is 5.11 Å². The summed E-state index contributed by atoms with van der Waals surface area (Å²) in [5, 5.41) is 13.3. The molecule has 2 radical (unpaired) electrons. The lowest BCUT2D eigenvalue weighted by Crippen LogP contribution is -1.85. The van der Waals surface area contributed by atoms with Gasteiger partial charge in [0.1, 0.15) is 5.75 Å². The summed E-state index contributed by atoms with van der Waals surface area (Å²) >= 11 is 0. The SMILES string of the molecule is CCCN=N[Si]N=Cc1ccccc1O. The van der Waals surface area contributed by atoms with Crippen LogP contribution in [-0.2, 0) is 0 Å². The highest BCUT2D eigenvalue weighted by Crippen LogP contribution is 2.12. The highest BCUT2D eigenvalue weighted by Gasteiger charge is 1.93. The Kier molecular flexibility index (Phi) is 5.32. The molecule has 1 aromatic rings. The van der Waals surface area contributed by atoms with Gasteiger partial charge in [0.2, 0.25) is 0 Å². The lowest BCUT2D eigenvalue weighted by Gasteiger charge is -1.94. The number of para-hydroxylation sites is 1. The molecule has 4 nitrogen and oxygen atoms in total. The highest BCUT2D eigenvalue weighted by molar-refractivity contribution is 6.32. The maximum absolute atomic E-state index is 9.41. The van der Waals surface area contributed by atoms with Gasteiger partial charge in [-0.2, -0.15) is 0 Å². The molecule has 0 aliphatic heterocycles. The Hall–Kier alpha value is -1.49. The number of aromatic hydroxyl groups is 1. The zero-order valence-corrected chi connectivity index (χ0v) is 9.59. The number of hydrogen-bond donors (Lipinski definition) is 1. The number of hydrogen-bond acceptors (Lipinski definition) is 4. The average molecular weight is 219 g/mol. The quantitative estimate of drug-likeness (QED) is 0.460. The molecular weight excluding hydrogens is 206 g/mol. The van der Waals surface area contributed by atoms with Crippen LogP contribution in [0.2, 0.25) is 0 Å². The van der Waals surface area contributed by atoms with Gasteiger partial charge in [0.25, 0.3) is 0 Å². The molecular formula is C10H13N3OSi. The molecule has 0 saturated carbocycles. The third-order valence-electron chi connectivity index (χ3n) is 1.64. The van der Waals surface area contributed by atoms with E-state index in [2.05, 4.69) is 14.6 Å². The van der Waals surface area contributed by atoms with Crippen LogP contribution in [-0.4, -0.2) is 27.7 Å². The standard InChI is InChI=1S/C10H13N3OSi/c1-2-7-11-13-15-12-8-9-5-3-4-6-10(9)14/h3-6,8,14H,2,7H2,1H3. The van der Waals surface area contributed by atoms with Crippen LogP contribution in [0.3, 0.4) is 0 Å². The molecule has 0 aromatic heterocycles. The van der Waals surface area contributed by atoms with Gasteiger partial charge in [0.15, 0.2) is 0 Å². The van der Waals surface area contributed by atoms with E-state index in [9.17, 15) is 5.11 Å². The molecule has 0 fully saturated rings. The summed E-state index contributed by atoms with van der Waals surface area (Å²) in [5.41, 5.74) is 0.704. The minimum Gasteiger partial charge on any atom is -0.507 e. The monoisotopic (exact) mass is 219 g/mol. The number of rotatable bonds is 5. The molecule has 0 amide bonds. The topological polar surface area (TPSA) is 57.3 Å². The van der Waals surface area contributed by atoms with E-state index in [0.29, 0.717) is 5.56 Å². The summed E-state index contributed by atoms with van der Waals surface area (Å²) in [5.74, 6) is 0.233. The van der Waals surface area contributed by atoms with Crippen molar-refractivity contribution in [2.24, 2.45) is 14.6 Å². The molecule has 0 heterocycles. The van der Waals surface area contributed by atoms with Crippen LogP contribution in [0.5, 0.6) is 5.75 Å². The largest absolute Gasteiger partial charge is 0.507 e. The summed E-state index contributed by atoms with van der Waals surface area (Å²) < 4.78 is 7.94. The molecule has 0 spiro atoms. The molecule has 15 heavy (non-hydrogen) atoms. The smallest absolute Gasteiger partial charge is 0.402 e. The zero-order valence-electron chi connectivity index (χ0n) is 8.59. The Bertz CT molecular complexity index is 352. The first-order chi connectivity index (χ1) is 7.34. The van der Waals surface area contributed by atoms with Crippen molar-refractivity contribution in [1.29, 1.82) is 0 Å². The van der Waals surface area contributed by atoms with Crippen LogP contribution in [0.15, 0.2) is 38.8 Å². The van der Waals surface area contributed by atoms with Crippen molar-refractivity contribution in [2.75, 3.05) is 6.54 Å². The van der Waals surface area contributed by atoms with Crippen LogP contribution >= 0.6 is 0 Å². The third kappa shape index (κ3) is 4.50. The molecule has 0 bridgehead atoms. The fourth-order valence-corrected chi connectivity index (χ4v) is 1.31. The molecule has 0 atom stereocenters. The van der Waals surface area contributed by atoms with Crippen molar-refractivity contribution in [3.05, 3.63) is 29.8 Å².